The highest BCUT2D eigenvalue weighted by Crippen LogP contribution is 2.21. The van der Waals surface area contributed by atoms with Gasteiger partial charge in [-0.2, -0.15) is 0 Å². The molecular formula is C15H21N5O4S. The highest BCUT2D eigenvalue weighted by Gasteiger charge is 2.34. The molecule has 1 aromatic rings. The van der Waals surface area contributed by atoms with Gasteiger partial charge in [-0.15, -0.1) is 10.2 Å². The second-order valence-electron chi connectivity index (χ2n) is 6.74. The van der Waals surface area contributed by atoms with Gasteiger partial charge in [0.15, 0.2) is 0 Å². The van der Waals surface area contributed by atoms with Crippen molar-refractivity contribution in [2.75, 3.05) is 12.8 Å². The Morgan fingerprint density at radius 3 is 2.64 bits per heavy atom. The van der Waals surface area contributed by atoms with Gasteiger partial charge < -0.3 is 9.73 Å². The van der Waals surface area contributed by atoms with E-state index in [2.05, 4.69) is 20.5 Å². The molecule has 1 aromatic heterocycles. The third-order valence-electron chi connectivity index (χ3n) is 3.36. The molecule has 1 aliphatic rings. The summed E-state index contributed by atoms with van der Waals surface area (Å²) in [7, 11) is 1.39. The summed E-state index contributed by atoms with van der Waals surface area (Å²) >= 11 is 1.12. The summed E-state index contributed by atoms with van der Waals surface area (Å²) in [6.07, 6.45) is 0.160. The van der Waals surface area contributed by atoms with Crippen LogP contribution in [0.4, 0.5) is 4.79 Å². The first-order valence-electron chi connectivity index (χ1n) is 7.69. The summed E-state index contributed by atoms with van der Waals surface area (Å²) in [6, 6.07) is -0.578. The van der Waals surface area contributed by atoms with Crippen molar-refractivity contribution in [1.82, 2.24) is 20.4 Å². The van der Waals surface area contributed by atoms with E-state index < -0.39 is 11.9 Å². The maximum absolute atomic E-state index is 12.2. The number of nitrogens with one attached hydrogen (secondary N) is 1. The Morgan fingerprint density at radius 2 is 2.00 bits per heavy atom. The molecule has 0 spiro atoms. The zero-order chi connectivity index (χ0) is 18.8. The average molecular weight is 367 g/mol. The zero-order valence-electron chi connectivity index (χ0n) is 14.8. The smallest absolute Gasteiger partial charge is 0.349 e. The molecule has 1 unspecified atom stereocenters. The van der Waals surface area contributed by atoms with Gasteiger partial charge in [0, 0.05) is 24.7 Å². The number of rotatable bonds is 5. The minimum Gasteiger partial charge on any atom is -0.416 e. The van der Waals surface area contributed by atoms with Gasteiger partial charge in [-0.1, -0.05) is 11.8 Å². The Hall–Kier alpha value is -2.23. The minimum atomic E-state index is -0.606. The number of amides is 4. The molecule has 2 heterocycles. The molecule has 2 rings (SSSR count). The van der Waals surface area contributed by atoms with Gasteiger partial charge in [0.2, 0.25) is 17.7 Å². The first-order chi connectivity index (χ1) is 11.6. The van der Waals surface area contributed by atoms with Crippen LogP contribution in [-0.2, 0) is 16.0 Å². The molecule has 0 aromatic carbocycles. The van der Waals surface area contributed by atoms with E-state index in [0.29, 0.717) is 5.71 Å². The summed E-state index contributed by atoms with van der Waals surface area (Å²) in [6.45, 7) is 7.31. The SMILES string of the molecule is CC1=NC(=O)N(C)C(=O)C1Cc1nnc(SCC(=O)NC(C)(C)C)o1. The standard InChI is InChI=1S/C15H21N5O4S/c1-8-9(12(22)20(5)13(23)16-8)6-11-18-19-14(24-11)25-7-10(21)17-15(2,3)4/h9H,6-7H2,1-5H3,(H,17,21). The zero-order valence-corrected chi connectivity index (χ0v) is 15.6. The van der Waals surface area contributed by atoms with Crippen molar-refractivity contribution < 1.29 is 18.8 Å². The van der Waals surface area contributed by atoms with Crippen LogP contribution in [0, 0.1) is 5.92 Å². The van der Waals surface area contributed by atoms with E-state index in [1.807, 2.05) is 20.8 Å². The van der Waals surface area contributed by atoms with E-state index in [4.69, 9.17) is 4.42 Å². The van der Waals surface area contributed by atoms with Gasteiger partial charge in [-0.25, -0.2) is 9.79 Å². The molecule has 4 amide bonds. The van der Waals surface area contributed by atoms with Crippen molar-refractivity contribution in [3.63, 3.8) is 0 Å². The maximum Gasteiger partial charge on any atom is 0.349 e. The molecular weight excluding hydrogens is 346 g/mol. The van der Waals surface area contributed by atoms with Gasteiger partial charge in [-0.3, -0.25) is 14.5 Å². The number of urea groups is 1. The highest BCUT2D eigenvalue weighted by molar-refractivity contribution is 7.99. The summed E-state index contributed by atoms with van der Waals surface area (Å²) in [4.78, 5) is 40.3. The number of hydrogen-bond donors (Lipinski definition) is 1. The van der Waals surface area contributed by atoms with Gasteiger partial charge >= 0.3 is 6.03 Å². The first kappa shape index (κ1) is 19.1. The van der Waals surface area contributed by atoms with Crippen molar-refractivity contribution in [2.45, 2.75) is 44.9 Å². The number of carbonyl (C=O) groups excluding carboxylic acids is 3. The third-order valence-corrected chi connectivity index (χ3v) is 4.18. The molecule has 0 bridgehead atoms. The largest absolute Gasteiger partial charge is 0.416 e. The van der Waals surface area contributed by atoms with Crippen molar-refractivity contribution in [2.24, 2.45) is 10.9 Å². The van der Waals surface area contributed by atoms with Gasteiger partial charge in [0.05, 0.1) is 11.7 Å². The van der Waals surface area contributed by atoms with E-state index in [9.17, 15) is 14.4 Å². The fourth-order valence-corrected chi connectivity index (χ4v) is 2.76. The Balaban J connectivity index is 1.95. The maximum atomic E-state index is 12.2. The van der Waals surface area contributed by atoms with Crippen LogP contribution in [-0.4, -0.2) is 57.0 Å². The quantitative estimate of drug-likeness (QED) is 0.779. The molecule has 136 valence electrons. The van der Waals surface area contributed by atoms with Crippen LogP contribution in [0.25, 0.3) is 0 Å². The topological polar surface area (TPSA) is 118 Å². The number of aliphatic imine (C=N–C) groups is 1. The van der Waals surface area contributed by atoms with Gasteiger partial charge in [-0.05, 0) is 27.7 Å². The van der Waals surface area contributed by atoms with E-state index >= 15 is 0 Å². The van der Waals surface area contributed by atoms with E-state index in [-0.39, 0.29) is 40.6 Å². The first-order valence-corrected chi connectivity index (χ1v) is 8.68. The number of aromatic nitrogens is 2. The van der Waals surface area contributed by atoms with E-state index in [1.54, 1.807) is 6.92 Å². The van der Waals surface area contributed by atoms with Crippen LogP contribution in [0.15, 0.2) is 14.6 Å². The highest BCUT2D eigenvalue weighted by atomic mass is 32.2. The lowest BCUT2D eigenvalue weighted by molar-refractivity contribution is -0.129. The number of imide groups is 1. The minimum absolute atomic E-state index is 0.136. The van der Waals surface area contributed by atoms with Crippen molar-refractivity contribution >= 4 is 35.3 Å². The predicted octanol–water partition coefficient (Wildman–Crippen LogP) is 1.29. The number of carbonyl (C=O) groups is 3. The Morgan fingerprint density at radius 1 is 1.32 bits per heavy atom. The normalized spacial score (nSPS) is 18.4. The fraction of sp³-hybridized carbons (Fsp3) is 0.600. The number of nitrogens with zero attached hydrogens (tertiary/aromatic N) is 4. The van der Waals surface area contributed by atoms with Crippen molar-refractivity contribution in [1.29, 1.82) is 0 Å². The van der Waals surface area contributed by atoms with Crippen molar-refractivity contribution in [3.8, 4) is 0 Å². The fourth-order valence-electron chi connectivity index (χ4n) is 2.18. The van der Waals surface area contributed by atoms with Crippen molar-refractivity contribution in [3.05, 3.63) is 5.89 Å². The van der Waals surface area contributed by atoms with E-state index in [0.717, 1.165) is 16.7 Å². The third kappa shape index (κ3) is 5.12. The lowest BCUT2D eigenvalue weighted by Gasteiger charge is -2.24. The summed E-state index contributed by atoms with van der Waals surface area (Å²) < 4.78 is 5.48. The Bertz CT molecular complexity index is 722. The van der Waals surface area contributed by atoms with Gasteiger partial charge in [0.1, 0.15) is 0 Å². The molecule has 0 radical (unpaired) electrons. The molecule has 1 N–H and O–H groups in total. The Kier molecular flexibility index (Phi) is 5.61. The molecule has 1 aliphatic heterocycles. The molecule has 0 aliphatic carbocycles. The van der Waals surface area contributed by atoms with Crippen LogP contribution in [0.1, 0.15) is 33.6 Å². The molecule has 0 saturated heterocycles. The lowest BCUT2D eigenvalue weighted by atomic mass is 9.97. The molecule has 10 heteroatoms. The number of thioether (sulfide) groups is 1. The van der Waals surface area contributed by atoms with Crippen LogP contribution in [0.3, 0.4) is 0 Å². The summed E-state index contributed by atoms with van der Waals surface area (Å²) in [5.74, 6) is -0.684. The second-order valence-corrected chi connectivity index (χ2v) is 7.66. The predicted molar refractivity (Wildman–Crippen MR) is 91.4 cm³/mol. The monoisotopic (exact) mass is 367 g/mol. The molecule has 1 atom stereocenters. The average Bonchev–Trinajstić information content (AvgIpc) is 2.93. The van der Waals surface area contributed by atoms with Crippen LogP contribution < -0.4 is 5.32 Å². The summed E-state index contributed by atoms with van der Waals surface area (Å²) in [5, 5.41) is 10.9. The summed E-state index contributed by atoms with van der Waals surface area (Å²) in [5.41, 5.74) is 0.115. The lowest BCUT2D eigenvalue weighted by Crippen LogP contribution is -2.44. The molecule has 0 saturated carbocycles. The van der Waals surface area contributed by atoms with Gasteiger partial charge in [0.25, 0.3) is 5.22 Å². The van der Waals surface area contributed by atoms with E-state index in [1.165, 1.54) is 7.05 Å². The number of hydrogen-bond acceptors (Lipinski definition) is 7. The molecule has 9 nitrogen and oxygen atoms in total. The molecule has 25 heavy (non-hydrogen) atoms. The molecule has 0 fully saturated rings. The van der Waals surface area contributed by atoms with Crippen LogP contribution in [0.5, 0.6) is 0 Å². The Labute approximate surface area is 149 Å². The second kappa shape index (κ2) is 7.34. The van der Waals surface area contributed by atoms with Crippen LogP contribution >= 0.6 is 11.8 Å². The van der Waals surface area contributed by atoms with Crippen LogP contribution in [0.2, 0.25) is 0 Å².